The highest BCUT2D eigenvalue weighted by molar-refractivity contribution is 7.26. The van der Waals surface area contributed by atoms with Crippen molar-refractivity contribution in [3.63, 3.8) is 0 Å². The molecule has 0 aliphatic rings. The van der Waals surface area contributed by atoms with E-state index in [4.69, 9.17) is 19.9 Å². The Balaban J connectivity index is 1.15. The van der Waals surface area contributed by atoms with E-state index in [2.05, 4.69) is 127 Å². The molecule has 9 aromatic rings. The first kappa shape index (κ1) is 28.9. The summed E-state index contributed by atoms with van der Waals surface area (Å²) >= 11 is 1.75. The minimum atomic E-state index is 0.684. The smallest absolute Gasteiger partial charge is 0.160 e. The van der Waals surface area contributed by atoms with Gasteiger partial charge in [-0.05, 0) is 35.4 Å². The van der Waals surface area contributed by atoms with Gasteiger partial charge >= 0.3 is 0 Å². The van der Waals surface area contributed by atoms with E-state index in [1.165, 1.54) is 4.70 Å². The summed E-state index contributed by atoms with van der Waals surface area (Å²) in [5.74, 6) is 1.39. The summed E-state index contributed by atoms with van der Waals surface area (Å²) in [6, 6.07) is 58.4. The van der Waals surface area contributed by atoms with Crippen molar-refractivity contribution in [2.45, 2.75) is 0 Å². The molecule has 0 radical (unpaired) electrons. The molecule has 230 valence electrons. The molecule has 0 aliphatic heterocycles. The van der Waals surface area contributed by atoms with Gasteiger partial charge in [-0.15, -0.1) is 11.3 Å². The maximum Gasteiger partial charge on any atom is 0.160 e. The molecule has 6 aromatic carbocycles. The molecule has 0 spiro atoms. The summed E-state index contributed by atoms with van der Waals surface area (Å²) in [7, 11) is 0. The fraction of sp³-hybridized carbons (Fsp3) is 0. The Hall–Kier alpha value is -6.30. The predicted molar refractivity (Wildman–Crippen MR) is 203 cm³/mol. The van der Waals surface area contributed by atoms with E-state index in [0.717, 1.165) is 71.6 Å². The Labute approximate surface area is 288 Å². The van der Waals surface area contributed by atoms with E-state index in [1.807, 2.05) is 42.5 Å². The maximum absolute atomic E-state index is 5.19. The van der Waals surface area contributed by atoms with Crippen LogP contribution in [-0.4, -0.2) is 19.9 Å². The summed E-state index contributed by atoms with van der Waals surface area (Å²) in [5.41, 5.74) is 11.0. The van der Waals surface area contributed by atoms with Crippen LogP contribution in [-0.2, 0) is 0 Å². The lowest BCUT2D eigenvalue weighted by atomic mass is 10.00. The van der Waals surface area contributed by atoms with Gasteiger partial charge < -0.3 is 0 Å². The lowest BCUT2D eigenvalue weighted by molar-refractivity contribution is 1.18. The largest absolute Gasteiger partial charge is 0.228 e. The summed E-state index contributed by atoms with van der Waals surface area (Å²) in [4.78, 5) is 20.5. The van der Waals surface area contributed by atoms with Gasteiger partial charge in [-0.3, -0.25) is 0 Å². The van der Waals surface area contributed by atoms with Crippen LogP contribution < -0.4 is 0 Å². The Morgan fingerprint density at radius 1 is 0.347 bits per heavy atom. The number of rotatable bonds is 6. The highest BCUT2D eigenvalue weighted by Gasteiger charge is 2.17. The Kier molecular flexibility index (Phi) is 7.30. The Morgan fingerprint density at radius 2 is 0.816 bits per heavy atom. The topological polar surface area (TPSA) is 51.6 Å². The number of benzene rings is 6. The van der Waals surface area contributed by atoms with E-state index in [-0.39, 0.29) is 0 Å². The first-order valence-corrected chi connectivity index (χ1v) is 17.0. The highest BCUT2D eigenvalue weighted by Crippen LogP contribution is 2.40. The number of hydrogen-bond donors (Lipinski definition) is 0. The number of hydrogen-bond acceptors (Lipinski definition) is 5. The highest BCUT2D eigenvalue weighted by atomic mass is 32.1. The van der Waals surface area contributed by atoms with Crippen LogP contribution in [0, 0.1) is 0 Å². The van der Waals surface area contributed by atoms with Gasteiger partial charge in [-0.1, -0.05) is 146 Å². The number of fused-ring (bicyclic) bond motifs is 3. The second-order valence-corrected chi connectivity index (χ2v) is 12.9. The normalized spacial score (nSPS) is 11.3. The quantitative estimate of drug-likeness (QED) is 0.181. The third kappa shape index (κ3) is 5.56. The molecule has 0 amide bonds. The molecule has 0 fully saturated rings. The van der Waals surface area contributed by atoms with E-state index in [1.54, 1.807) is 11.3 Å². The average molecular weight is 645 g/mol. The molecule has 0 unspecified atom stereocenters. The van der Waals surface area contributed by atoms with Gasteiger partial charge in [-0.25, -0.2) is 19.9 Å². The predicted octanol–water partition coefficient (Wildman–Crippen LogP) is 11.6. The van der Waals surface area contributed by atoms with Crippen molar-refractivity contribution in [3.05, 3.63) is 170 Å². The second kappa shape index (κ2) is 12.4. The molecule has 0 atom stereocenters. The Morgan fingerprint density at radius 3 is 1.41 bits per heavy atom. The molecule has 3 aromatic heterocycles. The van der Waals surface area contributed by atoms with Crippen LogP contribution in [0.15, 0.2) is 170 Å². The van der Waals surface area contributed by atoms with E-state index < -0.39 is 0 Å². The van der Waals surface area contributed by atoms with Crippen molar-refractivity contribution in [2.24, 2.45) is 0 Å². The van der Waals surface area contributed by atoms with Gasteiger partial charge in [0, 0.05) is 37.9 Å². The summed E-state index contributed by atoms with van der Waals surface area (Å²) in [5, 5.41) is 1.15. The number of nitrogens with zero attached hydrogens (tertiary/aromatic N) is 4. The maximum atomic E-state index is 5.19. The molecule has 0 saturated heterocycles. The zero-order valence-electron chi connectivity index (χ0n) is 26.4. The van der Waals surface area contributed by atoms with Crippen LogP contribution in [0.25, 0.3) is 88.0 Å². The standard InChI is InChI=1S/C44H28N4S/c1-4-14-29(15-5-1)37-28-38(30-16-6-2-7-17-30)46-43(45-37)34-22-12-20-32(26-34)33-21-13-23-35(27-33)44-47-40(31-18-8-3-9-19-31)42-41(48-44)36-24-10-11-25-39(36)49-42/h1-28H. The molecular weight excluding hydrogens is 617 g/mol. The molecule has 4 nitrogen and oxygen atoms in total. The fourth-order valence-corrected chi connectivity index (χ4v) is 7.43. The third-order valence-corrected chi connectivity index (χ3v) is 9.87. The molecule has 49 heavy (non-hydrogen) atoms. The van der Waals surface area contributed by atoms with Gasteiger partial charge in [0.2, 0.25) is 0 Å². The SMILES string of the molecule is c1ccc(-c2cc(-c3ccccc3)nc(-c3cccc(-c4cccc(-c5nc(-c6ccccc6)c6sc7ccccc7c6n5)c4)c3)n2)cc1. The second-order valence-electron chi connectivity index (χ2n) is 11.9. The third-order valence-electron chi connectivity index (χ3n) is 8.71. The first-order chi connectivity index (χ1) is 24.3. The minimum Gasteiger partial charge on any atom is -0.228 e. The molecule has 9 rings (SSSR count). The van der Waals surface area contributed by atoms with Gasteiger partial charge in [0.15, 0.2) is 11.6 Å². The van der Waals surface area contributed by atoms with Crippen LogP contribution in [0.4, 0.5) is 0 Å². The van der Waals surface area contributed by atoms with Crippen LogP contribution in [0.2, 0.25) is 0 Å². The zero-order chi connectivity index (χ0) is 32.6. The number of aromatic nitrogens is 4. The monoisotopic (exact) mass is 644 g/mol. The molecule has 0 aliphatic carbocycles. The zero-order valence-corrected chi connectivity index (χ0v) is 27.2. The van der Waals surface area contributed by atoms with E-state index in [0.29, 0.717) is 11.6 Å². The van der Waals surface area contributed by atoms with Crippen molar-refractivity contribution >= 4 is 31.6 Å². The first-order valence-electron chi connectivity index (χ1n) is 16.2. The molecule has 0 bridgehead atoms. The molecule has 0 saturated carbocycles. The van der Waals surface area contributed by atoms with Gasteiger partial charge in [0.25, 0.3) is 0 Å². The van der Waals surface area contributed by atoms with E-state index >= 15 is 0 Å². The van der Waals surface area contributed by atoms with Crippen LogP contribution in [0.3, 0.4) is 0 Å². The van der Waals surface area contributed by atoms with Crippen LogP contribution >= 0.6 is 11.3 Å². The lowest BCUT2D eigenvalue weighted by Crippen LogP contribution is -1.96. The number of thiophene rings is 1. The van der Waals surface area contributed by atoms with Crippen molar-refractivity contribution in [1.82, 2.24) is 19.9 Å². The fourth-order valence-electron chi connectivity index (χ4n) is 6.28. The van der Waals surface area contributed by atoms with Crippen molar-refractivity contribution < 1.29 is 0 Å². The van der Waals surface area contributed by atoms with Crippen molar-refractivity contribution in [1.29, 1.82) is 0 Å². The molecule has 3 heterocycles. The summed E-state index contributed by atoms with van der Waals surface area (Å²) in [6.07, 6.45) is 0. The van der Waals surface area contributed by atoms with Crippen molar-refractivity contribution in [2.75, 3.05) is 0 Å². The molecule has 5 heteroatoms. The minimum absolute atomic E-state index is 0.684. The molecule has 0 N–H and O–H groups in total. The van der Waals surface area contributed by atoms with Gasteiger partial charge in [0.1, 0.15) is 0 Å². The average Bonchev–Trinajstić information content (AvgIpc) is 3.57. The Bertz CT molecular complexity index is 2540. The summed E-state index contributed by atoms with van der Waals surface area (Å²) in [6.45, 7) is 0. The molecular formula is C44H28N4S. The van der Waals surface area contributed by atoms with Gasteiger partial charge in [0.05, 0.1) is 27.3 Å². The van der Waals surface area contributed by atoms with Crippen LogP contribution in [0.5, 0.6) is 0 Å². The van der Waals surface area contributed by atoms with E-state index in [9.17, 15) is 0 Å². The lowest BCUT2D eigenvalue weighted by Gasteiger charge is -2.11. The summed E-state index contributed by atoms with van der Waals surface area (Å²) < 4.78 is 2.31. The van der Waals surface area contributed by atoms with Crippen molar-refractivity contribution in [3.8, 4) is 67.7 Å². The van der Waals surface area contributed by atoms with Gasteiger partial charge in [-0.2, -0.15) is 0 Å². The van der Waals surface area contributed by atoms with Crippen LogP contribution in [0.1, 0.15) is 0 Å².